The molecule has 16 heavy (non-hydrogen) atoms. The monoisotopic (exact) mass is 227 g/mol. The zero-order valence-electron chi connectivity index (χ0n) is 11.2. The third-order valence-corrected chi connectivity index (χ3v) is 3.16. The highest BCUT2D eigenvalue weighted by Crippen LogP contribution is 2.05. The molecule has 0 aromatic carbocycles. The Hall–Kier alpha value is -0.610. The van der Waals surface area contributed by atoms with Crippen LogP contribution < -0.4 is 5.32 Å². The minimum absolute atomic E-state index is 0.219. The Kier molecular flexibility index (Phi) is 4.74. The van der Waals surface area contributed by atoms with Crippen molar-refractivity contribution in [2.75, 3.05) is 26.7 Å². The van der Waals surface area contributed by atoms with E-state index in [4.69, 9.17) is 0 Å². The number of piperazine rings is 1. The van der Waals surface area contributed by atoms with Crippen molar-refractivity contribution in [2.24, 2.45) is 0 Å². The Bertz CT molecular complexity index is 232. The average Bonchev–Trinajstić information content (AvgIpc) is 2.14. The lowest BCUT2D eigenvalue weighted by molar-refractivity contribution is -0.133. The smallest absolute Gasteiger partial charge is 0.236 e. The summed E-state index contributed by atoms with van der Waals surface area (Å²) < 4.78 is 0. The maximum atomic E-state index is 11.9. The highest BCUT2D eigenvalue weighted by atomic mass is 16.2. The zero-order chi connectivity index (χ0) is 12.3. The van der Waals surface area contributed by atoms with Gasteiger partial charge in [-0.1, -0.05) is 0 Å². The molecule has 4 nitrogen and oxygen atoms in total. The van der Waals surface area contributed by atoms with Crippen molar-refractivity contribution in [3.8, 4) is 0 Å². The Labute approximate surface area is 99.0 Å². The molecule has 1 amide bonds. The number of nitrogens with one attached hydrogen (secondary N) is 1. The molecule has 1 aliphatic heterocycles. The van der Waals surface area contributed by atoms with Crippen molar-refractivity contribution < 1.29 is 4.79 Å². The fourth-order valence-corrected chi connectivity index (χ4v) is 2.16. The van der Waals surface area contributed by atoms with Crippen LogP contribution in [0.4, 0.5) is 0 Å². The van der Waals surface area contributed by atoms with Gasteiger partial charge in [0.15, 0.2) is 0 Å². The largest absolute Gasteiger partial charge is 0.342 e. The Balaban J connectivity index is 2.44. The van der Waals surface area contributed by atoms with E-state index < -0.39 is 0 Å². The van der Waals surface area contributed by atoms with Gasteiger partial charge in [-0.3, -0.25) is 9.69 Å². The van der Waals surface area contributed by atoms with E-state index >= 15 is 0 Å². The lowest BCUT2D eigenvalue weighted by Gasteiger charge is -2.36. The molecule has 0 aliphatic carbocycles. The van der Waals surface area contributed by atoms with Crippen molar-refractivity contribution in [1.29, 1.82) is 0 Å². The molecule has 94 valence electrons. The molecule has 1 N–H and O–H groups in total. The quantitative estimate of drug-likeness (QED) is 0.764. The molecule has 1 fully saturated rings. The minimum atomic E-state index is 0.219. The first kappa shape index (κ1) is 13.5. The van der Waals surface area contributed by atoms with Crippen LogP contribution in [0, 0.1) is 0 Å². The van der Waals surface area contributed by atoms with Crippen molar-refractivity contribution in [3.63, 3.8) is 0 Å². The molecule has 4 heteroatoms. The summed E-state index contributed by atoms with van der Waals surface area (Å²) in [5, 5.41) is 3.47. The lowest BCUT2D eigenvalue weighted by Crippen LogP contribution is -2.56. The molecule has 0 saturated carbocycles. The van der Waals surface area contributed by atoms with Crippen LogP contribution in [0.5, 0.6) is 0 Å². The first-order chi connectivity index (χ1) is 7.40. The molecule has 0 aromatic heterocycles. The van der Waals surface area contributed by atoms with Gasteiger partial charge in [0.05, 0.1) is 6.54 Å². The molecule has 0 bridgehead atoms. The van der Waals surface area contributed by atoms with Gasteiger partial charge in [0.25, 0.3) is 0 Å². The van der Waals surface area contributed by atoms with E-state index in [1.165, 1.54) is 0 Å². The maximum absolute atomic E-state index is 11.9. The van der Waals surface area contributed by atoms with E-state index in [-0.39, 0.29) is 11.9 Å². The summed E-state index contributed by atoms with van der Waals surface area (Å²) in [6, 6.07) is 1.23. The van der Waals surface area contributed by atoms with Crippen LogP contribution in [-0.2, 0) is 4.79 Å². The molecule has 0 spiro atoms. The summed E-state index contributed by atoms with van der Waals surface area (Å²) in [4.78, 5) is 16.0. The van der Waals surface area contributed by atoms with E-state index in [0.29, 0.717) is 18.6 Å². The summed E-state index contributed by atoms with van der Waals surface area (Å²) in [5.74, 6) is 0.219. The Morgan fingerprint density at radius 3 is 2.31 bits per heavy atom. The van der Waals surface area contributed by atoms with Gasteiger partial charge < -0.3 is 10.2 Å². The molecule has 2 atom stereocenters. The Morgan fingerprint density at radius 1 is 1.38 bits per heavy atom. The molecule has 1 aliphatic rings. The van der Waals surface area contributed by atoms with Crippen LogP contribution >= 0.6 is 0 Å². The minimum Gasteiger partial charge on any atom is -0.342 e. The van der Waals surface area contributed by atoms with Crippen LogP contribution in [0.3, 0.4) is 0 Å². The summed E-state index contributed by atoms with van der Waals surface area (Å²) >= 11 is 0. The van der Waals surface area contributed by atoms with E-state index in [0.717, 1.165) is 13.1 Å². The van der Waals surface area contributed by atoms with Crippen LogP contribution in [0.1, 0.15) is 27.7 Å². The van der Waals surface area contributed by atoms with Crippen molar-refractivity contribution in [3.05, 3.63) is 0 Å². The van der Waals surface area contributed by atoms with Gasteiger partial charge in [-0.15, -0.1) is 0 Å². The number of rotatable bonds is 3. The molecule has 0 radical (unpaired) electrons. The number of carbonyl (C=O) groups is 1. The van der Waals surface area contributed by atoms with Crippen LogP contribution in [0.15, 0.2) is 0 Å². The molecule has 1 heterocycles. The fourth-order valence-electron chi connectivity index (χ4n) is 2.16. The van der Waals surface area contributed by atoms with Crippen LogP contribution in [-0.4, -0.2) is 60.5 Å². The molecular formula is C12H25N3O. The second-order valence-electron chi connectivity index (χ2n) is 5.26. The highest BCUT2D eigenvalue weighted by molar-refractivity contribution is 5.78. The van der Waals surface area contributed by atoms with Gasteiger partial charge in [0.2, 0.25) is 5.91 Å². The summed E-state index contributed by atoms with van der Waals surface area (Å²) in [5.41, 5.74) is 0. The van der Waals surface area contributed by atoms with Gasteiger partial charge in [-0.05, 0) is 27.7 Å². The predicted octanol–water partition coefficient (Wildman–Crippen LogP) is 0.535. The highest BCUT2D eigenvalue weighted by Gasteiger charge is 2.23. The van der Waals surface area contributed by atoms with Crippen molar-refractivity contribution >= 4 is 5.91 Å². The molecule has 1 rings (SSSR count). The number of hydrogen-bond donors (Lipinski definition) is 1. The first-order valence-corrected chi connectivity index (χ1v) is 6.14. The lowest BCUT2D eigenvalue weighted by atomic mass is 10.1. The summed E-state index contributed by atoms with van der Waals surface area (Å²) in [6.45, 7) is 10.9. The SMILES string of the molecule is CC1CN(CC(=O)N(C)C(C)C)CC(C)N1. The fraction of sp³-hybridized carbons (Fsp3) is 0.917. The Morgan fingerprint density at radius 2 is 1.88 bits per heavy atom. The molecule has 1 saturated heterocycles. The third-order valence-electron chi connectivity index (χ3n) is 3.16. The maximum Gasteiger partial charge on any atom is 0.236 e. The van der Waals surface area contributed by atoms with E-state index in [9.17, 15) is 4.79 Å². The topological polar surface area (TPSA) is 35.6 Å². The summed E-state index contributed by atoms with van der Waals surface area (Å²) in [7, 11) is 1.88. The number of nitrogens with zero attached hydrogens (tertiary/aromatic N) is 2. The van der Waals surface area contributed by atoms with E-state index in [1.807, 2.05) is 25.8 Å². The van der Waals surface area contributed by atoms with Gasteiger partial charge in [-0.2, -0.15) is 0 Å². The van der Waals surface area contributed by atoms with Gasteiger partial charge >= 0.3 is 0 Å². The average molecular weight is 227 g/mol. The number of amides is 1. The van der Waals surface area contributed by atoms with Crippen LogP contribution in [0.2, 0.25) is 0 Å². The molecular weight excluding hydrogens is 202 g/mol. The van der Waals surface area contributed by atoms with Gasteiger partial charge in [0.1, 0.15) is 0 Å². The predicted molar refractivity (Wildman–Crippen MR) is 66.4 cm³/mol. The van der Waals surface area contributed by atoms with Crippen molar-refractivity contribution in [2.45, 2.75) is 45.8 Å². The number of carbonyl (C=O) groups excluding carboxylic acids is 1. The normalized spacial score (nSPS) is 27.1. The van der Waals surface area contributed by atoms with Crippen molar-refractivity contribution in [1.82, 2.24) is 15.1 Å². The van der Waals surface area contributed by atoms with E-state index in [2.05, 4.69) is 24.1 Å². The molecule has 0 aromatic rings. The first-order valence-electron chi connectivity index (χ1n) is 6.14. The standard InChI is InChI=1S/C12H25N3O/c1-9(2)14(5)12(16)8-15-6-10(3)13-11(4)7-15/h9-11,13H,6-8H2,1-5H3. The van der Waals surface area contributed by atoms with Gasteiger partial charge in [0, 0.05) is 38.3 Å². The second kappa shape index (κ2) is 5.64. The van der Waals surface area contributed by atoms with Gasteiger partial charge in [-0.25, -0.2) is 0 Å². The molecule has 2 unspecified atom stereocenters. The number of likely N-dealkylation sites (N-methyl/N-ethyl adjacent to an activating group) is 1. The van der Waals surface area contributed by atoms with E-state index in [1.54, 1.807) is 0 Å². The van der Waals surface area contributed by atoms with Crippen LogP contribution in [0.25, 0.3) is 0 Å². The summed E-state index contributed by atoms with van der Waals surface area (Å²) in [6.07, 6.45) is 0. The second-order valence-corrected chi connectivity index (χ2v) is 5.26. The third kappa shape index (κ3) is 3.76. The number of hydrogen-bond acceptors (Lipinski definition) is 3. The zero-order valence-corrected chi connectivity index (χ0v) is 11.2.